The fourth-order valence-corrected chi connectivity index (χ4v) is 1.33. The van der Waals surface area contributed by atoms with Crippen molar-refractivity contribution in [1.29, 1.82) is 0 Å². The fourth-order valence-electron chi connectivity index (χ4n) is 1.22. The van der Waals surface area contributed by atoms with E-state index in [9.17, 15) is 0 Å². The Morgan fingerprint density at radius 3 is 2.53 bits per heavy atom. The number of benzene rings is 2. The van der Waals surface area contributed by atoms with Crippen LogP contribution in [0.1, 0.15) is 5.56 Å². The van der Waals surface area contributed by atoms with E-state index in [0.717, 1.165) is 5.56 Å². The van der Waals surface area contributed by atoms with Crippen LogP contribution in [0.25, 0.3) is 0 Å². The number of rotatable bonds is 3. The Labute approximate surface area is 94.3 Å². The molecular formula is C13H10ClO. The predicted octanol–water partition coefficient (Wildman–Crippen LogP) is 3.72. The molecule has 0 saturated heterocycles. The van der Waals surface area contributed by atoms with Gasteiger partial charge in [-0.3, -0.25) is 0 Å². The highest BCUT2D eigenvalue weighted by molar-refractivity contribution is 6.30. The molecule has 0 saturated carbocycles. The molecule has 2 aromatic carbocycles. The highest BCUT2D eigenvalue weighted by Crippen LogP contribution is 2.15. The first-order valence-corrected chi connectivity index (χ1v) is 5.06. The lowest BCUT2D eigenvalue weighted by molar-refractivity contribution is 0.305. The molecule has 0 aliphatic rings. The fraction of sp³-hybridized carbons (Fsp3) is 0.0769. The maximum Gasteiger partial charge on any atom is 0.127 e. The van der Waals surface area contributed by atoms with E-state index in [1.54, 1.807) is 12.1 Å². The third-order valence-electron chi connectivity index (χ3n) is 1.98. The van der Waals surface area contributed by atoms with Crippen LogP contribution < -0.4 is 4.74 Å². The lowest BCUT2D eigenvalue weighted by Gasteiger charge is -2.05. The number of halogens is 1. The molecule has 0 atom stereocenters. The van der Waals surface area contributed by atoms with Crippen LogP contribution in [-0.4, -0.2) is 0 Å². The largest absolute Gasteiger partial charge is 0.488 e. The molecule has 0 aromatic heterocycles. The molecule has 1 nitrogen and oxygen atoms in total. The van der Waals surface area contributed by atoms with Crippen LogP contribution in [0, 0.1) is 6.07 Å². The van der Waals surface area contributed by atoms with E-state index < -0.39 is 0 Å². The highest BCUT2D eigenvalue weighted by Gasteiger charge is 1.95. The summed E-state index contributed by atoms with van der Waals surface area (Å²) in [6.07, 6.45) is 0. The standard InChI is InChI=1S/C13H10ClO/c14-12-6-8-13(9-7-12)15-10-11-4-2-1-3-5-11/h1-8H,10H2. The molecule has 15 heavy (non-hydrogen) atoms. The van der Waals surface area contributed by atoms with Gasteiger partial charge in [-0.2, -0.15) is 0 Å². The molecule has 0 heterocycles. The summed E-state index contributed by atoms with van der Waals surface area (Å²) in [5.41, 5.74) is 1.14. The van der Waals surface area contributed by atoms with E-state index in [2.05, 4.69) is 6.07 Å². The van der Waals surface area contributed by atoms with Gasteiger partial charge in [0.25, 0.3) is 0 Å². The van der Waals surface area contributed by atoms with Gasteiger partial charge in [-0.05, 0) is 23.8 Å². The molecule has 0 aliphatic carbocycles. The molecule has 2 rings (SSSR count). The smallest absolute Gasteiger partial charge is 0.127 e. The highest BCUT2D eigenvalue weighted by atomic mass is 35.5. The molecule has 1 radical (unpaired) electrons. The summed E-state index contributed by atoms with van der Waals surface area (Å²) < 4.78 is 5.53. The second-order valence-corrected chi connectivity index (χ2v) is 3.58. The van der Waals surface area contributed by atoms with E-state index in [1.165, 1.54) is 0 Å². The van der Waals surface area contributed by atoms with Crippen molar-refractivity contribution < 1.29 is 4.74 Å². The molecule has 2 aromatic rings. The van der Waals surface area contributed by atoms with Gasteiger partial charge in [-0.1, -0.05) is 41.9 Å². The summed E-state index contributed by atoms with van der Waals surface area (Å²) in [7, 11) is 0. The van der Waals surface area contributed by atoms with Crippen LogP contribution >= 0.6 is 11.6 Å². The van der Waals surface area contributed by atoms with Crippen molar-refractivity contribution in [3.8, 4) is 5.75 Å². The summed E-state index contributed by atoms with van der Waals surface area (Å²) in [4.78, 5) is 0. The molecule has 0 spiro atoms. The Hall–Kier alpha value is -1.47. The minimum atomic E-state index is 0.555. The van der Waals surface area contributed by atoms with Gasteiger partial charge in [-0.25, -0.2) is 0 Å². The molecule has 0 N–H and O–H groups in total. The number of ether oxygens (including phenoxy) is 1. The Balaban J connectivity index is 1.96. The lowest BCUT2D eigenvalue weighted by Crippen LogP contribution is -1.94. The molecule has 75 valence electrons. The lowest BCUT2D eigenvalue weighted by atomic mass is 10.2. The second-order valence-electron chi connectivity index (χ2n) is 3.15. The van der Waals surface area contributed by atoms with Crippen molar-refractivity contribution in [2.75, 3.05) is 0 Å². The molecule has 0 unspecified atom stereocenters. The molecule has 0 bridgehead atoms. The molecule has 0 fully saturated rings. The zero-order valence-corrected chi connectivity index (χ0v) is 8.87. The Morgan fingerprint density at radius 1 is 1.07 bits per heavy atom. The van der Waals surface area contributed by atoms with Crippen molar-refractivity contribution in [3.05, 3.63) is 65.2 Å². The topological polar surface area (TPSA) is 9.23 Å². The maximum absolute atomic E-state index is 5.74. The third kappa shape index (κ3) is 3.00. The van der Waals surface area contributed by atoms with Crippen molar-refractivity contribution in [1.82, 2.24) is 0 Å². The number of hydrogen-bond donors (Lipinski definition) is 0. The molecule has 2 heteroatoms. The van der Waals surface area contributed by atoms with E-state index in [0.29, 0.717) is 17.4 Å². The van der Waals surface area contributed by atoms with Gasteiger partial charge >= 0.3 is 0 Å². The summed E-state index contributed by atoms with van der Waals surface area (Å²) in [6.45, 7) is 0.555. The van der Waals surface area contributed by atoms with Crippen molar-refractivity contribution >= 4 is 11.6 Å². The molecule has 0 aliphatic heterocycles. The van der Waals surface area contributed by atoms with Crippen molar-refractivity contribution in [2.24, 2.45) is 0 Å². The van der Waals surface area contributed by atoms with Crippen LogP contribution in [0.4, 0.5) is 0 Å². The monoisotopic (exact) mass is 217 g/mol. The van der Waals surface area contributed by atoms with Crippen LogP contribution in [0.15, 0.2) is 48.5 Å². The van der Waals surface area contributed by atoms with Gasteiger partial charge < -0.3 is 4.74 Å². The number of hydrogen-bond acceptors (Lipinski definition) is 1. The minimum Gasteiger partial charge on any atom is -0.488 e. The quantitative estimate of drug-likeness (QED) is 0.762. The predicted molar refractivity (Wildman–Crippen MR) is 61.1 cm³/mol. The van der Waals surface area contributed by atoms with Gasteiger partial charge in [0.15, 0.2) is 0 Å². The third-order valence-corrected chi connectivity index (χ3v) is 2.22. The molecule has 0 amide bonds. The first-order chi connectivity index (χ1) is 7.34. The summed E-state index contributed by atoms with van der Waals surface area (Å²) >= 11 is 5.74. The van der Waals surface area contributed by atoms with Gasteiger partial charge in [0.1, 0.15) is 12.4 Å². The van der Waals surface area contributed by atoms with Gasteiger partial charge in [0.05, 0.1) is 0 Å². The first kappa shape index (κ1) is 10.1. The van der Waals surface area contributed by atoms with Gasteiger partial charge in [-0.15, -0.1) is 0 Å². The zero-order chi connectivity index (χ0) is 10.5. The van der Waals surface area contributed by atoms with E-state index in [4.69, 9.17) is 16.3 Å². The average molecular weight is 218 g/mol. The first-order valence-electron chi connectivity index (χ1n) is 4.68. The summed E-state index contributed by atoms with van der Waals surface area (Å²) in [5, 5.41) is 0.669. The van der Waals surface area contributed by atoms with E-state index in [1.807, 2.05) is 36.4 Å². The Morgan fingerprint density at radius 2 is 1.87 bits per heavy atom. The normalized spacial score (nSPS) is 9.93. The summed E-state index contributed by atoms with van der Waals surface area (Å²) in [6, 6.07) is 18.3. The van der Waals surface area contributed by atoms with Crippen molar-refractivity contribution in [3.63, 3.8) is 0 Å². The minimum absolute atomic E-state index is 0.555. The van der Waals surface area contributed by atoms with Gasteiger partial charge in [0.2, 0.25) is 0 Å². The summed E-state index contributed by atoms with van der Waals surface area (Å²) in [5.74, 6) is 0.711. The van der Waals surface area contributed by atoms with E-state index >= 15 is 0 Å². The van der Waals surface area contributed by atoms with Crippen LogP contribution in [0.2, 0.25) is 5.02 Å². The van der Waals surface area contributed by atoms with Crippen LogP contribution in [-0.2, 0) is 6.61 Å². The van der Waals surface area contributed by atoms with Crippen LogP contribution in [0.3, 0.4) is 0 Å². The Kier molecular flexibility index (Phi) is 3.25. The van der Waals surface area contributed by atoms with E-state index in [-0.39, 0.29) is 0 Å². The van der Waals surface area contributed by atoms with Crippen molar-refractivity contribution in [2.45, 2.75) is 6.61 Å². The Bertz CT molecular complexity index is 408. The van der Waals surface area contributed by atoms with Gasteiger partial charge in [0, 0.05) is 11.1 Å². The molecular weight excluding hydrogens is 208 g/mol. The second kappa shape index (κ2) is 4.85. The SMILES string of the molecule is Clc1c[c]c(OCc2ccccc2)cc1. The van der Waals surface area contributed by atoms with Crippen LogP contribution in [0.5, 0.6) is 5.75 Å². The zero-order valence-electron chi connectivity index (χ0n) is 8.11. The maximum atomic E-state index is 5.74. The average Bonchev–Trinajstić information content (AvgIpc) is 2.30.